The minimum atomic E-state index is -1.11. The normalized spacial score (nSPS) is 14.2. The van der Waals surface area contributed by atoms with Gasteiger partial charge in [0.05, 0.1) is 16.4 Å². The van der Waals surface area contributed by atoms with E-state index in [1.54, 1.807) is 19.1 Å². The summed E-state index contributed by atoms with van der Waals surface area (Å²) in [4.78, 5) is 11.6. The Kier molecular flexibility index (Phi) is 5.54. The third-order valence-electron chi connectivity index (χ3n) is 2.92. The molecule has 100 valence electrons. The Labute approximate surface area is 111 Å². The van der Waals surface area contributed by atoms with Gasteiger partial charge in [0.25, 0.3) is 0 Å². The molecular weight excluding hydrogens is 248 g/mol. The molecule has 0 aliphatic carbocycles. The van der Waals surface area contributed by atoms with Crippen molar-refractivity contribution in [3.63, 3.8) is 0 Å². The summed E-state index contributed by atoms with van der Waals surface area (Å²) in [7, 11) is -1.11. The lowest BCUT2D eigenvalue weighted by Gasteiger charge is -2.10. The molecule has 2 atom stereocenters. The van der Waals surface area contributed by atoms with Crippen molar-refractivity contribution in [1.82, 2.24) is 0 Å². The molecule has 1 aromatic carbocycles. The van der Waals surface area contributed by atoms with Gasteiger partial charge in [0, 0.05) is 10.6 Å². The van der Waals surface area contributed by atoms with E-state index >= 15 is 0 Å². The van der Waals surface area contributed by atoms with Crippen LogP contribution < -0.4 is 0 Å². The van der Waals surface area contributed by atoms with Crippen LogP contribution in [-0.2, 0) is 10.8 Å². The van der Waals surface area contributed by atoms with Crippen molar-refractivity contribution in [2.45, 2.75) is 38.5 Å². The largest absolute Gasteiger partial charge is 0.478 e. The van der Waals surface area contributed by atoms with E-state index in [4.69, 9.17) is 5.11 Å². The molecule has 0 bridgehead atoms. The summed E-state index contributed by atoms with van der Waals surface area (Å²) in [6, 6.07) is 5.02. The van der Waals surface area contributed by atoms with Crippen LogP contribution in [0.25, 0.3) is 0 Å². The highest BCUT2D eigenvalue weighted by atomic mass is 32.2. The van der Waals surface area contributed by atoms with Gasteiger partial charge in [0.2, 0.25) is 0 Å². The number of aryl methyl sites for hydroxylation is 1. The highest BCUT2D eigenvalue weighted by molar-refractivity contribution is 7.85. The second-order valence-corrected chi connectivity index (χ2v) is 6.18. The highest BCUT2D eigenvalue weighted by Crippen LogP contribution is 2.17. The summed E-state index contributed by atoms with van der Waals surface area (Å²) >= 11 is 0. The van der Waals surface area contributed by atoms with Crippen LogP contribution in [0.5, 0.6) is 0 Å². The van der Waals surface area contributed by atoms with Gasteiger partial charge in [-0.2, -0.15) is 0 Å². The Morgan fingerprint density at radius 3 is 2.67 bits per heavy atom. The van der Waals surface area contributed by atoms with Crippen LogP contribution in [0.15, 0.2) is 23.1 Å². The van der Waals surface area contributed by atoms with Crippen LogP contribution in [0.4, 0.5) is 0 Å². The van der Waals surface area contributed by atoms with Crippen LogP contribution in [0.1, 0.15) is 42.6 Å². The monoisotopic (exact) mass is 268 g/mol. The van der Waals surface area contributed by atoms with Gasteiger partial charge in [0.1, 0.15) is 0 Å². The topological polar surface area (TPSA) is 54.4 Å². The van der Waals surface area contributed by atoms with Crippen molar-refractivity contribution in [3.8, 4) is 0 Å². The fraction of sp³-hybridized carbons (Fsp3) is 0.500. The number of hydrogen-bond acceptors (Lipinski definition) is 2. The average molecular weight is 268 g/mol. The van der Waals surface area contributed by atoms with Crippen LogP contribution >= 0.6 is 0 Å². The molecule has 0 saturated heterocycles. The molecule has 0 amide bonds. The second-order valence-electron chi connectivity index (χ2n) is 4.69. The van der Waals surface area contributed by atoms with Gasteiger partial charge in [0.15, 0.2) is 0 Å². The summed E-state index contributed by atoms with van der Waals surface area (Å²) in [5.41, 5.74) is 0.939. The van der Waals surface area contributed by atoms with Crippen LogP contribution in [0, 0.1) is 12.8 Å². The van der Waals surface area contributed by atoms with E-state index in [1.165, 1.54) is 6.07 Å². The maximum absolute atomic E-state index is 12.1. The third-order valence-corrected chi connectivity index (χ3v) is 4.57. The van der Waals surface area contributed by atoms with E-state index < -0.39 is 16.8 Å². The predicted octanol–water partition coefficient (Wildman–Crippen LogP) is 3.24. The number of hydrogen-bond donors (Lipinski definition) is 1. The van der Waals surface area contributed by atoms with Crippen molar-refractivity contribution >= 4 is 16.8 Å². The van der Waals surface area contributed by atoms with Gasteiger partial charge >= 0.3 is 5.97 Å². The number of aromatic carboxylic acids is 1. The summed E-state index contributed by atoms with van der Waals surface area (Å²) in [6.45, 7) is 5.93. The second kappa shape index (κ2) is 6.69. The summed E-state index contributed by atoms with van der Waals surface area (Å²) in [6.07, 6.45) is 2.12. The van der Waals surface area contributed by atoms with Crippen molar-refractivity contribution in [1.29, 1.82) is 0 Å². The molecular formula is C14H20O3S. The van der Waals surface area contributed by atoms with Crippen molar-refractivity contribution in [3.05, 3.63) is 29.3 Å². The minimum Gasteiger partial charge on any atom is -0.478 e. The number of rotatable bonds is 6. The van der Waals surface area contributed by atoms with E-state index in [9.17, 15) is 9.00 Å². The molecule has 0 aromatic heterocycles. The van der Waals surface area contributed by atoms with Gasteiger partial charge in [-0.15, -0.1) is 0 Å². The van der Waals surface area contributed by atoms with Crippen LogP contribution in [-0.4, -0.2) is 21.0 Å². The van der Waals surface area contributed by atoms with Gasteiger partial charge in [-0.05, 0) is 30.5 Å². The Hall–Kier alpha value is -1.16. The van der Waals surface area contributed by atoms with Crippen molar-refractivity contribution in [2.75, 3.05) is 5.75 Å². The number of carboxylic acid groups (broad SMARTS) is 1. The van der Waals surface area contributed by atoms with Crippen molar-refractivity contribution in [2.24, 2.45) is 5.92 Å². The highest BCUT2D eigenvalue weighted by Gasteiger charge is 2.13. The lowest BCUT2D eigenvalue weighted by Crippen LogP contribution is -2.09. The third kappa shape index (κ3) is 3.95. The molecule has 1 aromatic rings. The standard InChI is InChI=1S/C14H20O3S/c1-4-5-10(2)9-18(17)12-7-6-11(3)13(8-12)14(15)16/h6-8,10H,4-5,9H2,1-3H3,(H,15,16). The Morgan fingerprint density at radius 1 is 1.44 bits per heavy atom. The first-order chi connectivity index (χ1) is 8.45. The Morgan fingerprint density at radius 2 is 2.11 bits per heavy atom. The zero-order chi connectivity index (χ0) is 13.7. The zero-order valence-electron chi connectivity index (χ0n) is 11.1. The van der Waals surface area contributed by atoms with Gasteiger partial charge in [-0.25, -0.2) is 4.79 Å². The van der Waals surface area contributed by atoms with Gasteiger partial charge < -0.3 is 5.11 Å². The van der Waals surface area contributed by atoms with E-state index in [0.717, 1.165) is 12.8 Å². The predicted molar refractivity (Wildman–Crippen MR) is 73.5 cm³/mol. The van der Waals surface area contributed by atoms with E-state index in [-0.39, 0.29) is 5.56 Å². The molecule has 1 rings (SSSR count). The summed E-state index contributed by atoms with van der Waals surface area (Å²) in [5.74, 6) is 0.0223. The quantitative estimate of drug-likeness (QED) is 0.861. The van der Waals surface area contributed by atoms with E-state index in [0.29, 0.717) is 22.1 Å². The number of benzene rings is 1. The Bertz CT molecular complexity index is 454. The smallest absolute Gasteiger partial charge is 0.335 e. The fourth-order valence-corrected chi connectivity index (χ4v) is 3.25. The van der Waals surface area contributed by atoms with Crippen LogP contribution in [0.2, 0.25) is 0 Å². The molecule has 3 nitrogen and oxygen atoms in total. The van der Waals surface area contributed by atoms with E-state index in [1.807, 2.05) is 0 Å². The fourth-order valence-electron chi connectivity index (χ4n) is 1.90. The average Bonchev–Trinajstić information content (AvgIpc) is 2.29. The first-order valence-corrected chi connectivity index (χ1v) is 7.50. The lowest BCUT2D eigenvalue weighted by atomic mass is 10.1. The SMILES string of the molecule is CCCC(C)CS(=O)c1ccc(C)c(C(=O)O)c1. The molecule has 0 radical (unpaired) electrons. The molecule has 0 spiro atoms. The van der Waals surface area contributed by atoms with E-state index in [2.05, 4.69) is 13.8 Å². The maximum Gasteiger partial charge on any atom is 0.335 e. The molecule has 0 heterocycles. The molecule has 0 aliphatic heterocycles. The molecule has 0 saturated carbocycles. The Balaban J connectivity index is 2.87. The first-order valence-electron chi connectivity index (χ1n) is 6.18. The molecule has 0 aliphatic rings. The number of carbonyl (C=O) groups is 1. The molecule has 18 heavy (non-hydrogen) atoms. The molecule has 0 fully saturated rings. The van der Waals surface area contributed by atoms with Gasteiger partial charge in [-0.1, -0.05) is 32.8 Å². The maximum atomic E-state index is 12.1. The summed E-state index contributed by atoms with van der Waals surface area (Å²) < 4.78 is 12.1. The minimum absolute atomic E-state index is 0.240. The van der Waals surface area contributed by atoms with Gasteiger partial charge in [-0.3, -0.25) is 4.21 Å². The summed E-state index contributed by atoms with van der Waals surface area (Å²) in [5, 5.41) is 9.04. The van der Waals surface area contributed by atoms with Crippen molar-refractivity contribution < 1.29 is 14.1 Å². The number of carboxylic acids is 1. The first kappa shape index (κ1) is 14.9. The molecule has 1 N–H and O–H groups in total. The lowest BCUT2D eigenvalue weighted by molar-refractivity contribution is 0.0696. The molecule has 2 unspecified atom stereocenters. The zero-order valence-corrected chi connectivity index (χ0v) is 11.9. The molecule has 4 heteroatoms. The van der Waals surface area contributed by atoms with Crippen LogP contribution in [0.3, 0.4) is 0 Å².